The maximum absolute atomic E-state index is 12.0. The zero-order chi connectivity index (χ0) is 17.9. The van der Waals surface area contributed by atoms with Crippen molar-refractivity contribution in [2.24, 2.45) is 17.8 Å². The molecule has 4 nitrogen and oxygen atoms in total. The highest BCUT2D eigenvalue weighted by Gasteiger charge is 2.50. The molecule has 1 aromatic carbocycles. The molecule has 0 aliphatic heterocycles. The molecule has 138 valence electrons. The van der Waals surface area contributed by atoms with Crippen LogP contribution in [0.4, 0.5) is 0 Å². The lowest BCUT2D eigenvalue weighted by Crippen LogP contribution is -2.58. The summed E-state index contributed by atoms with van der Waals surface area (Å²) in [6, 6.07) is 5.18. The Kier molecular flexibility index (Phi) is 3.68. The minimum atomic E-state index is -0.344. The van der Waals surface area contributed by atoms with E-state index in [0.717, 1.165) is 40.7 Å². The maximum atomic E-state index is 12.0. The third-order valence-electron chi connectivity index (χ3n) is 7.10. The largest absolute Gasteiger partial charge is 0.508 e. The van der Waals surface area contributed by atoms with Gasteiger partial charge < -0.3 is 14.8 Å². The van der Waals surface area contributed by atoms with E-state index in [4.69, 9.17) is 4.42 Å². The molecule has 4 bridgehead atoms. The van der Waals surface area contributed by atoms with Gasteiger partial charge in [0.2, 0.25) is 0 Å². The van der Waals surface area contributed by atoms with Crippen LogP contribution in [0.25, 0.3) is 11.0 Å². The van der Waals surface area contributed by atoms with Crippen LogP contribution < -0.4 is 10.9 Å². The molecule has 6 rings (SSSR count). The molecule has 0 atom stereocenters. The fraction of sp³-hybridized carbons (Fsp3) is 0.591. The number of aryl methyl sites for hydroxylation is 1. The van der Waals surface area contributed by atoms with Gasteiger partial charge in [-0.3, -0.25) is 0 Å². The van der Waals surface area contributed by atoms with Crippen LogP contribution in [-0.2, 0) is 13.0 Å². The van der Waals surface area contributed by atoms with Crippen molar-refractivity contribution in [1.29, 1.82) is 0 Å². The predicted molar refractivity (Wildman–Crippen MR) is 101 cm³/mol. The monoisotopic (exact) mass is 353 g/mol. The Balaban J connectivity index is 1.47. The van der Waals surface area contributed by atoms with Gasteiger partial charge in [0.1, 0.15) is 11.3 Å². The zero-order valence-corrected chi connectivity index (χ0v) is 15.4. The summed E-state index contributed by atoms with van der Waals surface area (Å²) in [5.74, 6) is 2.90. The van der Waals surface area contributed by atoms with Gasteiger partial charge in [-0.2, -0.15) is 0 Å². The van der Waals surface area contributed by atoms with Crippen molar-refractivity contribution in [3.8, 4) is 5.75 Å². The summed E-state index contributed by atoms with van der Waals surface area (Å²) in [5, 5.41) is 14.9. The van der Waals surface area contributed by atoms with Crippen molar-refractivity contribution in [2.75, 3.05) is 0 Å². The number of benzene rings is 1. The van der Waals surface area contributed by atoms with Crippen molar-refractivity contribution in [3.63, 3.8) is 0 Å². The Morgan fingerprint density at radius 2 is 1.73 bits per heavy atom. The summed E-state index contributed by atoms with van der Waals surface area (Å²) in [7, 11) is 0. The van der Waals surface area contributed by atoms with Gasteiger partial charge in [0.15, 0.2) is 0 Å². The molecule has 2 aromatic rings. The van der Waals surface area contributed by atoms with Crippen LogP contribution in [0, 0.1) is 17.8 Å². The lowest BCUT2D eigenvalue weighted by molar-refractivity contribution is -0.0205. The summed E-state index contributed by atoms with van der Waals surface area (Å²) in [5.41, 5.74) is 2.28. The fourth-order valence-electron chi connectivity index (χ4n) is 6.35. The van der Waals surface area contributed by atoms with E-state index >= 15 is 0 Å². The summed E-state index contributed by atoms with van der Waals surface area (Å²) in [6.45, 7) is 2.72. The van der Waals surface area contributed by atoms with Crippen molar-refractivity contribution >= 4 is 11.0 Å². The molecule has 0 radical (unpaired) electrons. The summed E-state index contributed by atoms with van der Waals surface area (Å²) < 4.78 is 5.33. The second-order valence-corrected chi connectivity index (χ2v) is 8.97. The van der Waals surface area contributed by atoms with E-state index in [-0.39, 0.29) is 16.9 Å². The van der Waals surface area contributed by atoms with Crippen LogP contribution in [0.15, 0.2) is 27.4 Å². The molecule has 26 heavy (non-hydrogen) atoms. The van der Waals surface area contributed by atoms with Crippen LogP contribution in [0.3, 0.4) is 0 Å². The van der Waals surface area contributed by atoms with Gasteiger partial charge in [0, 0.05) is 29.6 Å². The number of hydrogen-bond donors (Lipinski definition) is 2. The second-order valence-electron chi connectivity index (χ2n) is 8.97. The topological polar surface area (TPSA) is 62.5 Å². The Labute approximate surface area is 153 Å². The van der Waals surface area contributed by atoms with Gasteiger partial charge in [-0.15, -0.1) is 0 Å². The van der Waals surface area contributed by atoms with Gasteiger partial charge in [0.25, 0.3) is 0 Å². The van der Waals surface area contributed by atoms with Crippen molar-refractivity contribution < 1.29 is 9.52 Å². The lowest BCUT2D eigenvalue weighted by Gasteiger charge is -2.57. The first-order chi connectivity index (χ1) is 12.5. The number of hydrogen-bond acceptors (Lipinski definition) is 4. The molecule has 4 aliphatic carbocycles. The molecule has 1 aromatic heterocycles. The van der Waals surface area contributed by atoms with E-state index in [1.807, 2.05) is 13.0 Å². The van der Waals surface area contributed by atoms with Gasteiger partial charge in [-0.25, -0.2) is 4.79 Å². The third-order valence-corrected chi connectivity index (χ3v) is 7.10. The van der Waals surface area contributed by atoms with E-state index in [9.17, 15) is 9.90 Å². The molecule has 0 unspecified atom stereocenters. The number of phenolic OH excluding ortho intramolecular Hbond substituents is 1. The van der Waals surface area contributed by atoms with Crippen LogP contribution in [0.1, 0.15) is 56.6 Å². The highest BCUT2D eigenvalue weighted by Crippen LogP contribution is 2.55. The molecule has 4 heteroatoms. The standard InChI is InChI=1S/C22H27NO3/c1-2-16-6-18-17(7-21(25)26-20(18)8-19(16)24)12-23-22-9-13-3-14(10-22)5-15(4-13)11-22/h6-8,13-15,23-24H,2-5,9-12H2,1H3. The van der Waals surface area contributed by atoms with Crippen molar-refractivity contribution in [2.45, 2.75) is 64.0 Å². The summed E-state index contributed by atoms with van der Waals surface area (Å²) >= 11 is 0. The summed E-state index contributed by atoms with van der Waals surface area (Å²) in [4.78, 5) is 12.0. The number of phenols is 1. The normalized spacial score (nSPS) is 32.4. The minimum Gasteiger partial charge on any atom is -0.508 e. The molecule has 0 saturated heterocycles. The smallest absolute Gasteiger partial charge is 0.336 e. The quantitative estimate of drug-likeness (QED) is 0.812. The third kappa shape index (κ3) is 2.66. The minimum absolute atomic E-state index is 0.203. The van der Waals surface area contributed by atoms with Crippen LogP contribution >= 0.6 is 0 Å². The van der Waals surface area contributed by atoms with E-state index in [0.29, 0.717) is 12.1 Å². The Morgan fingerprint density at radius 1 is 1.08 bits per heavy atom. The van der Waals surface area contributed by atoms with Crippen LogP contribution in [0.5, 0.6) is 5.75 Å². The molecule has 0 amide bonds. The van der Waals surface area contributed by atoms with Crippen molar-refractivity contribution in [3.05, 3.63) is 39.7 Å². The van der Waals surface area contributed by atoms with Crippen LogP contribution in [0.2, 0.25) is 0 Å². The molecule has 4 aliphatic rings. The van der Waals surface area contributed by atoms with E-state index in [1.54, 1.807) is 12.1 Å². The Bertz CT molecular complexity index is 878. The predicted octanol–water partition coefficient (Wildman–Crippen LogP) is 4.12. The fourth-order valence-corrected chi connectivity index (χ4v) is 6.35. The second kappa shape index (κ2) is 5.85. The molecular weight excluding hydrogens is 326 g/mol. The Hall–Kier alpha value is -1.81. The molecule has 1 heterocycles. The van der Waals surface area contributed by atoms with Crippen LogP contribution in [-0.4, -0.2) is 10.6 Å². The van der Waals surface area contributed by atoms with Crippen molar-refractivity contribution in [1.82, 2.24) is 5.32 Å². The molecular formula is C22H27NO3. The Morgan fingerprint density at radius 3 is 2.35 bits per heavy atom. The first-order valence-electron chi connectivity index (χ1n) is 10.1. The van der Waals surface area contributed by atoms with Gasteiger partial charge in [0.05, 0.1) is 0 Å². The van der Waals surface area contributed by atoms with E-state index in [2.05, 4.69) is 5.32 Å². The maximum Gasteiger partial charge on any atom is 0.336 e. The van der Waals surface area contributed by atoms with E-state index in [1.165, 1.54) is 38.5 Å². The molecule has 4 saturated carbocycles. The highest BCUT2D eigenvalue weighted by molar-refractivity contribution is 5.82. The zero-order valence-electron chi connectivity index (χ0n) is 15.4. The average Bonchev–Trinajstić information content (AvgIpc) is 2.58. The summed E-state index contributed by atoms with van der Waals surface area (Å²) in [6.07, 6.45) is 8.91. The lowest BCUT2D eigenvalue weighted by atomic mass is 9.53. The van der Waals surface area contributed by atoms with Gasteiger partial charge >= 0.3 is 5.63 Å². The number of nitrogens with one attached hydrogen (secondary N) is 1. The molecule has 2 N–H and O–H groups in total. The van der Waals surface area contributed by atoms with Gasteiger partial charge in [-0.05, 0) is 79.9 Å². The average molecular weight is 353 g/mol. The first kappa shape index (κ1) is 16.4. The molecule has 0 spiro atoms. The number of aromatic hydroxyl groups is 1. The SMILES string of the molecule is CCc1cc2c(CNC34CC5CC(CC(C5)C3)C4)cc(=O)oc2cc1O. The van der Waals surface area contributed by atoms with Gasteiger partial charge in [-0.1, -0.05) is 6.92 Å². The first-order valence-corrected chi connectivity index (χ1v) is 10.1. The molecule has 4 fully saturated rings. The number of rotatable bonds is 4. The highest BCUT2D eigenvalue weighted by atomic mass is 16.4. The number of fused-ring (bicyclic) bond motifs is 1. The van der Waals surface area contributed by atoms with E-state index < -0.39 is 0 Å².